The molecule has 0 bridgehead atoms. The van der Waals surface area contributed by atoms with Crippen LogP contribution in [0.2, 0.25) is 15.1 Å². The summed E-state index contributed by atoms with van der Waals surface area (Å²) >= 11 is 18.4. The lowest BCUT2D eigenvalue weighted by molar-refractivity contribution is -0.137. The summed E-state index contributed by atoms with van der Waals surface area (Å²) in [7, 11) is 0. The average molecular weight is 438 g/mol. The summed E-state index contributed by atoms with van der Waals surface area (Å²) in [6, 6.07) is 8.81. The second-order valence-corrected chi connectivity index (χ2v) is 7.61. The molecule has 1 unspecified atom stereocenters. The van der Waals surface area contributed by atoms with Crippen molar-refractivity contribution in [3.8, 4) is 0 Å². The van der Waals surface area contributed by atoms with E-state index in [2.05, 4.69) is 10.2 Å². The second kappa shape index (κ2) is 8.58. The van der Waals surface area contributed by atoms with Crippen LogP contribution in [0.1, 0.15) is 29.2 Å². The van der Waals surface area contributed by atoms with Gasteiger partial charge < -0.3 is 5.32 Å². The molecule has 2 aromatic rings. The predicted octanol–water partition coefficient (Wildman–Crippen LogP) is 6.05. The third-order valence-corrected chi connectivity index (χ3v) is 5.79. The summed E-state index contributed by atoms with van der Waals surface area (Å²) in [6.07, 6.45) is -3.65. The number of rotatable bonds is 3. The molecule has 146 valence electrons. The Labute approximate surface area is 171 Å². The zero-order valence-corrected chi connectivity index (χ0v) is 16.6. The van der Waals surface area contributed by atoms with E-state index in [1.54, 1.807) is 24.3 Å². The van der Waals surface area contributed by atoms with Crippen molar-refractivity contribution in [1.82, 2.24) is 10.2 Å². The summed E-state index contributed by atoms with van der Waals surface area (Å²) in [6.45, 7) is 3.01. The molecule has 0 radical (unpaired) electrons. The van der Waals surface area contributed by atoms with Crippen LogP contribution in [0.4, 0.5) is 13.2 Å². The maximum absolute atomic E-state index is 13.4. The van der Waals surface area contributed by atoms with E-state index in [1.165, 1.54) is 6.07 Å². The molecule has 0 aromatic heterocycles. The van der Waals surface area contributed by atoms with Gasteiger partial charge in [-0.3, -0.25) is 4.90 Å². The Kier molecular flexibility index (Phi) is 6.59. The van der Waals surface area contributed by atoms with Crippen molar-refractivity contribution in [3.05, 3.63) is 68.2 Å². The van der Waals surface area contributed by atoms with Crippen molar-refractivity contribution in [2.45, 2.75) is 18.6 Å². The Morgan fingerprint density at radius 1 is 0.963 bits per heavy atom. The van der Waals surface area contributed by atoms with E-state index >= 15 is 0 Å². The molecular weight excluding hydrogens is 420 g/mol. The lowest BCUT2D eigenvalue weighted by Gasteiger charge is -2.32. The van der Waals surface area contributed by atoms with Crippen molar-refractivity contribution in [2.24, 2.45) is 0 Å². The minimum Gasteiger partial charge on any atom is -0.315 e. The molecule has 3 rings (SSSR count). The fourth-order valence-electron chi connectivity index (χ4n) is 3.37. The van der Waals surface area contributed by atoms with E-state index in [4.69, 9.17) is 34.8 Å². The minimum atomic E-state index is -4.53. The lowest BCUT2D eigenvalue weighted by Crippen LogP contribution is -2.33. The molecule has 1 aliphatic heterocycles. The predicted molar refractivity (Wildman–Crippen MR) is 104 cm³/mol. The normalized spacial score (nSPS) is 17.6. The molecular formula is C19H18Cl3F3N2. The zero-order chi connectivity index (χ0) is 19.6. The molecule has 1 aliphatic rings. The van der Waals surface area contributed by atoms with Crippen LogP contribution in [0.3, 0.4) is 0 Å². The van der Waals surface area contributed by atoms with E-state index in [-0.39, 0.29) is 5.02 Å². The number of hydrogen-bond donors (Lipinski definition) is 1. The standard InChI is InChI=1S/C19H18Cl3F3N2/c20-15-6-5-12(11-14(15)19(23,24)25)18(27-9-2-7-26-8-10-27)13-3-1-4-16(21)17(13)22/h1,3-6,11,18,26H,2,7-10H2. The van der Waals surface area contributed by atoms with E-state index in [0.717, 1.165) is 32.1 Å². The molecule has 0 saturated carbocycles. The molecule has 1 saturated heterocycles. The van der Waals surface area contributed by atoms with Gasteiger partial charge in [0.1, 0.15) is 0 Å². The van der Waals surface area contributed by atoms with Crippen LogP contribution < -0.4 is 5.32 Å². The van der Waals surface area contributed by atoms with Gasteiger partial charge in [0.2, 0.25) is 0 Å². The number of nitrogens with one attached hydrogen (secondary N) is 1. The molecule has 1 fully saturated rings. The van der Waals surface area contributed by atoms with Gasteiger partial charge in [-0.1, -0.05) is 53.0 Å². The van der Waals surface area contributed by atoms with Gasteiger partial charge in [-0.2, -0.15) is 13.2 Å². The first-order valence-corrected chi connectivity index (χ1v) is 9.67. The molecule has 0 spiro atoms. The first-order chi connectivity index (χ1) is 12.8. The molecule has 8 heteroatoms. The van der Waals surface area contributed by atoms with Gasteiger partial charge in [0, 0.05) is 19.6 Å². The minimum absolute atomic E-state index is 0.320. The summed E-state index contributed by atoms with van der Waals surface area (Å²) in [5.74, 6) is 0. The molecule has 1 heterocycles. The SMILES string of the molecule is FC(F)(F)c1cc(C(c2cccc(Cl)c2Cl)N2CCCNCC2)ccc1Cl. The van der Waals surface area contributed by atoms with E-state index < -0.39 is 17.8 Å². The van der Waals surface area contributed by atoms with Crippen molar-refractivity contribution in [1.29, 1.82) is 0 Å². The Hall–Kier alpha value is -0.980. The van der Waals surface area contributed by atoms with Gasteiger partial charge in [-0.15, -0.1) is 0 Å². The highest BCUT2D eigenvalue weighted by molar-refractivity contribution is 6.42. The van der Waals surface area contributed by atoms with Gasteiger partial charge in [-0.25, -0.2) is 0 Å². The largest absolute Gasteiger partial charge is 0.417 e. The third-order valence-electron chi connectivity index (χ3n) is 4.63. The Morgan fingerprint density at radius 2 is 1.74 bits per heavy atom. The summed E-state index contributed by atoms with van der Waals surface area (Å²) in [5.41, 5.74) is 0.317. The topological polar surface area (TPSA) is 15.3 Å². The fraction of sp³-hybridized carbons (Fsp3) is 0.368. The number of benzene rings is 2. The molecule has 27 heavy (non-hydrogen) atoms. The van der Waals surface area contributed by atoms with E-state index in [1.807, 2.05) is 0 Å². The Balaban J connectivity index is 2.14. The number of hydrogen-bond acceptors (Lipinski definition) is 2. The van der Waals surface area contributed by atoms with Crippen molar-refractivity contribution < 1.29 is 13.2 Å². The van der Waals surface area contributed by atoms with E-state index in [0.29, 0.717) is 27.7 Å². The number of alkyl halides is 3. The van der Waals surface area contributed by atoms with Crippen LogP contribution in [0.5, 0.6) is 0 Å². The van der Waals surface area contributed by atoms with Crippen LogP contribution >= 0.6 is 34.8 Å². The average Bonchev–Trinajstić information content (AvgIpc) is 2.88. The molecule has 1 N–H and O–H groups in total. The monoisotopic (exact) mass is 436 g/mol. The van der Waals surface area contributed by atoms with Crippen LogP contribution in [0.15, 0.2) is 36.4 Å². The van der Waals surface area contributed by atoms with Gasteiger partial charge >= 0.3 is 6.18 Å². The third kappa shape index (κ3) is 4.72. The quantitative estimate of drug-likeness (QED) is 0.629. The van der Waals surface area contributed by atoms with Gasteiger partial charge in [0.05, 0.1) is 26.7 Å². The highest BCUT2D eigenvalue weighted by Gasteiger charge is 2.35. The highest BCUT2D eigenvalue weighted by Crippen LogP contribution is 2.41. The zero-order valence-electron chi connectivity index (χ0n) is 14.3. The first-order valence-electron chi connectivity index (χ1n) is 8.54. The summed E-state index contributed by atoms with van der Waals surface area (Å²) < 4.78 is 40.2. The van der Waals surface area contributed by atoms with Crippen molar-refractivity contribution in [2.75, 3.05) is 26.2 Å². The van der Waals surface area contributed by atoms with Crippen LogP contribution in [0, 0.1) is 0 Å². The number of halogens is 6. The number of nitrogens with zero attached hydrogens (tertiary/aromatic N) is 1. The van der Waals surface area contributed by atoms with Crippen LogP contribution in [-0.2, 0) is 6.18 Å². The smallest absolute Gasteiger partial charge is 0.315 e. The summed E-state index contributed by atoms with van der Waals surface area (Å²) in [4.78, 5) is 2.13. The second-order valence-electron chi connectivity index (χ2n) is 6.42. The lowest BCUT2D eigenvalue weighted by atomic mass is 9.95. The maximum atomic E-state index is 13.4. The Morgan fingerprint density at radius 3 is 2.48 bits per heavy atom. The maximum Gasteiger partial charge on any atom is 0.417 e. The van der Waals surface area contributed by atoms with Gasteiger partial charge in [0.15, 0.2) is 0 Å². The molecule has 2 aromatic carbocycles. The van der Waals surface area contributed by atoms with Gasteiger partial charge in [-0.05, 0) is 42.3 Å². The summed E-state index contributed by atoms with van der Waals surface area (Å²) in [5, 5.41) is 3.71. The fourth-order valence-corrected chi connectivity index (χ4v) is 4.01. The Bertz CT molecular complexity index is 803. The highest BCUT2D eigenvalue weighted by atomic mass is 35.5. The molecule has 0 aliphatic carbocycles. The van der Waals surface area contributed by atoms with Crippen molar-refractivity contribution in [3.63, 3.8) is 0 Å². The van der Waals surface area contributed by atoms with E-state index in [9.17, 15) is 13.2 Å². The van der Waals surface area contributed by atoms with Crippen LogP contribution in [0.25, 0.3) is 0 Å². The van der Waals surface area contributed by atoms with Crippen LogP contribution in [-0.4, -0.2) is 31.1 Å². The first kappa shape index (κ1) is 20.7. The van der Waals surface area contributed by atoms with Crippen molar-refractivity contribution >= 4 is 34.8 Å². The molecule has 2 nitrogen and oxygen atoms in total. The molecule has 1 atom stereocenters. The van der Waals surface area contributed by atoms with Gasteiger partial charge in [0.25, 0.3) is 0 Å². The molecule has 0 amide bonds.